The van der Waals surface area contributed by atoms with Crippen LogP contribution in [0.5, 0.6) is 11.5 Å². The largest absolute Gasteiger partial charge is 0.497 e. The Labute approximate surface area is 136 Å². The predicted molar refractivity (Wildman–Crippen MR) is 91.0 cm³/mol. The first kappa shape index (κ1) is 16.8. The van der Waals surface area contributed by atoms with Crippen LogP contribution in [0.25, 0.3) is 0 Å². The van der Waals surface area contributed by atoms with Gasteiger partial charge >= 0.3 is 0 Å². The van der Waals surface area contributed by atoms with Gasteiger partial charge in [-0.15, -0.1) is 0 Å². The van der Waals surface area contributed by atoms with Gasteiger partial charge in [0, 0.05) is 12.1 Å². The molecule has 1 amide bonds. The second-order valence-corrected chi connectivity index (χ2v) is 5.13. The molecule has 0 saturated carbocycles. The second kappa shape index (κ2) is 8.19. The fourth-order valence-electron chi connectivity index (χ4n) is 2.20. The minimum Gasteiger partial charge on any atom is -0.497 e. The van der Waals surface area contributed by atoms with Gasteiger partial charge in [-0.25, -0.2) is 0 Å². The monoisotopic (exact) mass is 314 g/mol. The first-order chi connectivity index (χ1) is 11.1. The van der Waals surface area contributed by atoms with Crippen molar-refractivity contribution in [3.8, 4) is 11.5 Å². The topological polar surface area (TPSA) is 59.6 Å². The summed E-state index contributed by atoms with van der Waals surface area (Å²) in [4.78, 5) is 12.1. The molecule has 2 aromatic rings. The molecule has 0 aliphatic rings. The van der Waals surface area contributed by atoms with Crippen LogP contribution in [-0.2, 0) is 4.79 Å². The van der Waals surface area contributed by atoms with Crippen LogP contribution in [-0.4, -0.2) is 26.7 Å². The van der Waals surface area contributed by atoms with Crippen LogP contribution in [0.1, 0.15) is 18.5 Å². The van der Waals surface area contributed by atoms with E-state index in [1.54, 1.807) is 32.4 Å². The molecule has 0 aliphatic carbocycles. The van der Waals surface area contributed by atoms with Crippen molar-refractivity contribution in [1.29, 1.82) is 0 Å². The highest BCUT2D eigenvalue weighted by molar-refractivity contribution is 5.93. The van der Waals surface area contributed by atoms with Crippen molar-refractivity contribution in [2.24, 2.45) is 0 Å². The second-order valence-electron chi connectivity index (χ2n) is 5.13. The minimum absolute atomic E-state index is 0.0970. The Kier molecular flexibility index (Phi) is 6.00. The Morgan fingerprint density at radius 1 is 1.09 bits per heavy atom. The number of carbonyl (C=O) groups is 1. The Balaban J connectivity index is 1.92. The smallest absolute Gasteiger partial charge is 0.238 e. The van der Waals surface area contributed by atoms with E-state index in [9.17, 15) is 4.79 Å². The number of carbonyl (C=O) groups excluding carboxylic acids is 1. The van der Waals surface area contributed by atoms with Gasteiger partial charge in [0.1, 0.15) is 11.5 Å². The van der Waals surface area contributed by atoms with Crippen molar-refractivity contribution < 1.29 is 14.3 Å². The van der Waals surface area contributed by atoms with Crippen molar-refractivity contribution >= 4 is 11.6 Å². The van der Waals surface area contributed by atoms with E-state index in [-0.39, 0.29) is 18.5 Å². The molecule has 2 N–H and O–H groups in total. The number of benzene rings is 2. The third kappa shape index (κ3) is 4.72. The number of ether oxygens (including phenoxy) is 2. The maximum atomic E-state index is 12.1. The Hall–Kier alpha value is -2.53. The summed E-state index contributed by atoms with van der Waals surface area (Å²) in [6, 6.07) is 15.4. The van der Waals surface area contributed by atoms with Gasteiger partial charge in [-0.1, -0.05) is 30.3 Å². The van der Waals surface area contributed by atoms with E-state index in [4.69, 9.17) is 9.47 Å². The highest BCUT2D eigenvalue weighted by Gasteiger charge is 2.11. The standard InChI is InChI=1S/C18H22N2O3/c1-13(14-7-5-4-6-8-14)19-12-18(21)20-16-10-9-15(22-2)11-17(16)23-3/h4-11,13,19H,12H2,1-3H3,(H,20,21). The molecule has 0 heterocycles. The molecule has 2 rings (SSSR count). The summed E-state index contributed by atoms with van der Waals surface area (Å²) in [6.07, 6.45) is 0. The predicted octanol–water partition coefficient (Wildman–Crippen LogP) is 2.99. The molecule has 0 radical (unpaired) electrons. The number of rotatable bonds is 7. The normalized spacial score (nSPS) is 11.6. The summed E-state index contributed by atoms with van der Waals surface area (Å²) in [6.45, 7) is 2.24. The van der Waals surface area contributed by atoms with Crippen LogP contribution < -0.4 is 20.1 Å². The molecular weight excluding hydrogens is 292 g/mol. The molecule has 5 heteroatoms. The number of hydrogen-bond acceptors (Lipinski definition) is 4. The zero-order valence-electron chi connectivity index (χ0n) is 13.6. The molecule has 0 bridgehead atoms. The molecule has 0 saturated heterocycles. The average molecular weight is 314 g/mol. The summed E-state index contributed by atoms with van der Waals surface area (Å²) in [5, 5.41) is 6.04. The van der Waals surface area contributed by atoms with Crippen LogP contribution in [0.15, 0.2) is 48.5 Å². The maximum Gasteiger partial charge on any atom is 0.238 e. The Morgan fingerprint density at radius 3 is 2.48 bits per heavy atom. The van der Waals surface area contributed by atoms with Crippen molar-refractivity contribution in [3.05, 3.63) is 54.1 Å². The lowest BCUT2D eigenvalue weighted by Crippen LogP contribution is -2.30. The van der Waals surface area contributed by atoms with Gasteiger partial charge in [0.2, 0.25) is 5.91 Å². The van der Waals surface area contributed by atoms with E-state index in [0.717, 1.165) is 5.56 Å². The Morgan fingerprint density at radius 2 is 1.83 bits per heavy atom. The van der Waals surface area contributed by atoms with E-state index in [2.05, 4.69) is 10.6 Å². The lowest BCUT2D eigenvalue weighted by Gasteiger charge is -2.15. The minimum atomic E-state index is -0.128. The quantitative estimate of drug-likeness (QED) is 0.825. The lowest BCUT2D eigenvalue weighted by atomic mass is 10.1. The van der Waals surface area contributed by atoms with E-state index in [1.165, 1.54) is 0 Å². The van der Waals surface area contributed by atoms with Crippen LogP contribution in [0.2, 0.25) is 0 Å². The highest BCUT2D eigenvalue weighted by Crippen LogP contribution is 2.28. The molecule has 0 aromatic heterocycles. The van der Waals surface area contributed by atoms with E-state index >= 15 is 0 Å². The van der Waals surface area contributed by atoms with E-state index in [1.807, 2.05) is 37.3 Å². The van der Waals surface area contributed by atoms with Crippen molar-refractivity contribution in [3.63, 3.8) is 0 Å². The zero-order chi connectivity index (χ0) is 16.7. The molecule has 23 heavy (non-hydrogen) atoms. The fraction of sp³-hybridized carbons (Fsp3) is 0.278. The summed E-state index contributed by atoms with van der Waals surface area (Å²) in [5.41, 5.74) is 1.76. The van der Waals surface area contributed by atoms with E-state index in [0.29, 0.717) is 17.2 Å². The fourth-order valence-corrected chi connectivity index (χ4v) is 2.20. The summed E-state index contributed by atoms with van der Waals surface area (Å²) >= 11 is 0. The molecule has 1 atom stereocenters. The molecule has 0 aliphatic heterocycles. The SMILES string of the molecule is COc1ccc(NC(=O)CNC(C)c2ccccc2)c(OC)c1. The number of methoxy groups -OCH3 is 2. The van der Waals surface area contributed by atoms with Gasteiger partial charge in [0.15, 0.2) is 0 Å². The first-order valence-electron chi connectivity index (χ1n) is 7.44. The maximum absolute atomic E-state index is 12.1. The van der Waals surface area contributed by atoms with Gasteiger partial charge in [0.25, 0.3) is 0 Å². The van der Waals surface area contributed by atoms with Gasteiger partial charge in [-0.2, -0.15) is 0 Å². The average Bonchev–Trinajstić information content (AvgIpc) is 2.60. The Bertz CT molecular complexity index is 644. The molecule has 122 valence electrons. The molecular formula is C18H22N2O3. The van der Waals surface area contributed by atoms with Gasteiger partial charge in [0.05, 0.1) is 26.5 Å². The molecule has 2 aromatic carbocycles. The van der Waals surface area contributed by atoms with Crippen molar-refractivity contribution in [2.45, 2.75) is 13.0 Å². The molecule has 0 spiro atoms. The van der Waals surface area contributed by atoms with Gasteiger partial charge in [-0.05, 0) is 24.6 Å². The van der Waals surface area contributed by atoms with E-state index < -0.39 is 0 Å². The third-order valence-electron chi connectivity index (χ3n) is 3.55. The molecule has 1 unspecified atom stereocenters. The van der Waals surface area contributed by atoms with Gasteiger partial charge in [-0.3, -0.25) is 4.79 Å². The van der Waals surface area contributed by atoms with Crippen molar-refractivity contribution in [1.82, 2.24) is 5.32 Å². The van der Waals surface area contributed by atoms with Crippen LogP contribution >= 0.6 is 0 Å². The number of amides is 1. The number of nitrogens with one attached hydrogen (secondary N) is 2. The van der Waals surface area contributed by atoms with Crippen molar-refractivity contribution in [2.75, 3.05) is 26.1 Å². The highest BCUT2D eigenvalue weighted by atomic mass is 16.5. The first-order valence-corrected chi connectivity index (χ1v) is 7.44. The summed E-state index contributed by atoms with van der Waals surface area (Å²) < 4.78 is 10.4. The summed E-state index contributed by atoms with van der Waals surface area (Å²) in [5.74, 6) is 1.11. The van der Waals surface area contributed by atoms with Crippen LogP contribution in [0.4, 0.5) is 5.69 Å². The number of hydrogen-bond donors (Lipinski definition) is 2. The third-order valence-corrected chi connectivity index (χ3v) is 3.55. The zero-order valence-corrected chi connectivity index (χ0v) is 13.6. The van der Waals surface area contributed by atoms with Gasteiger partial charge < -0.3 is 20.1 Å². The lowest BCUT2D eigenvalue weighted by molar-refractivity contribution is -0.115. The van der Waals surface area contributed by atoms with Crippen LogP contribution in [0, 0.1) is 0 Å². The molecule has 0 fully saturated rings. The molecule has 5 nitrogen and oxygen atoms in total. The number of anilines is 1. The van der Waals surface area contributed by atoms with Crippen LogP contribution in [0.3, 0.4) is 0 Å². The summed E-state index contributed by atoms with van der Waals surface area (Å²) in [7, 11) is 3.14.